The normalized spacial score (nSPS) is 16.1. The van der Waals surface area contributed by atoms with Crippen molar-refractivity contribution in [3.63, 3.8) is 0 Å². The number of carbonyl (C=O) groups excluding carboxylic acids is 2. The smallest absolute Gasteiger partial charge is 0.271 e. The van der Waals surface area contributed by atoms with Gasteiger partial charge in [0.2, 0.25) is 0 Å². The van der Waals surface area contributed by atoms with Crippen molar-refractivity contribution < 1.29 is 14.0 Å². The van der Waals surface area contributed by atoms with Gasteiger partial charge in [0.1, 0.15) is 22.1 Å². The molecule has 0 spiro atoms. The van der Waals surface area contributed by atoms with E-state index in [1.807, 2.05) is 54.1 Å². The number of aromatic nitrogens is 2. The van der Waals surface area contributed by atoms with Crippen molar-refractivity contribution in [2.75, 3.05) is 6.54 Å². The Bertz CT molecular complexity index is 1510. The molecule has 1 aliphatic rings. The van der Waals surface area contributed by atoms with Crippen LogP contribution in [0.2, 0.25) is 0 Å². The maximum Gasteiger partial charge on any atom is 0.271 e. The Morgan fingerprint density at radius 2 is 2.00 bits per heavy atom. The number of hydrogen-bond acceptors (Lipinski definition) is 6. The van der Waals surface area contributed by atoms with E-state index in [0.29, 0.717) is 16.9 Å². The minimum Gasteiger partial charge on any atom is -0.453 e. The third-order valence-electron chi connectivity index (χ3n) is 5.67. The summed E-state index contributed by atoms with van der Waals surface area (Å²) in [6, 6.07) is 13.7. The predicted octanol–water partition coefficient (Wildman–Crippen LogP) is 4.66. The number of amides is 2. The number of hydrogen-bond donors (Lipinski definition) is 0. The molecule has 0 fully saturated rings. The van der Waals surface area contributed by atoms with Crippen molar-refractivity contribution >= 4 is 50.5 Å². The van der Waals surface area contributed by atoms with Gasteiger partial charge in [0.25, 0.3) is 11.8 Å². The molecule has 3 aromatic heterocycles. The zero-order valence-electron chi connectivity index (χ0n) is 17.7. The maximum atomic E-state index is 12.9. The first kappa shape index (κ1) is 20.0. The standard InChI is InChI=1S/C24H18N4O3S/c1-4-28-23(29)16(13(2)17(12-25)24(28)30)10-15-11-18-22(32-15)26-21(27(18)3)20-9-14-7-5-6-8-19(14)31-20/h5-11H,4H2,1-3H3/b16-10-. The number of benzene rings is 1. The van der Waals surface area contributed by atoms with Crippen molar-refractivity contribution in [2.24, 2.45) is 7.05 Å². The summed E-state index contributed by atoms with van der Waals surface area (Å²) in [5.41, 5.74) is 2.48. The van der Waals surface area contributed by atoms with Crippen molar-refractivity contribution in [2.45, 2.75) is 13.8 Å². The Kier molecular flexibility index (Phi) is 4.57. The molecule has 158 valence electrons. The molecule has 4 heterocycles. The van der Waals surface area contributed by atoms with E-state index < -0.39 is 5.91 Å². The molecule has 0 saturated carbocycles. The molecule has 0 bridgehead atoms. The molecule has 7 nitrogen and oxygen atoms in total. The topological polar surface area (TPSA) is 92.1 Å². The summed E-state index contributed by atoms with van der Waals surface area (Å²) in [6.07, 6.45) is 1.73. The third-order valence-corrected chi connectivity index (χ3v) is 6.64. The van der Waals surface area contributed by atoms with E-state index in [0.717, 1.165) is 36.9 Å². The summed E-state index contributed by atoms with van der Waals surface area (Å²) in [5, 5.41) is 10.4. The fraction of sp³-hybridized carbons (Fsp3) is 0.167. The molecule has 0 saturated heterocycles. The molecule has 32 heavy (non-hydrogen) atoms. The Morgan fingerprint density at radius 1 is 1.22 bits per heavy atom. The minimum atomic E-state index is -0.539. The first-order valence-electron chi connectivity index (χ1n) is 10.1. The average molecular weight is 443 g/mol. The van der Waals surface area contributed by atoms with Crippen molar-refractivity contribution in [3.05, 3.63) is 58.0 Å². The number of likely N-dealkylation sites (N-methyl/N-ethyl adjacent to an activating group) is 1. The number of aryl methyl sites for hydroxylation is 1. The van der Waals surface area contributed by atoms with Gasteiger partial charge in [-0.15, -0.1) is 11.3 Å². The van der Waals surface area contributed by atoms with Crippen LogP contribution in [-0.4, -0.2) is 32.8 Å². The average Bonchev–Trinajstić information content (AvgIpc) is 3.45. The van der Waals surface area contributed by atoms with Gasteiger partial charge < -0.3 is 8.98 Å². The third kappa shape index (κ3) is 2.90. The molecular formula is C24H18N4O3S. The summed E-state index contributed by atoms with van der Waals surface area (Å²) in [4.78, 5) is 32.7. The van der Waals surface area contributed by atoms with Crippen LogP contribution in [0.25, 0.3) is 39.0 Å². The van der Waals surface area contributed by atoms with Crippen molar-refractivity contribution in [1.82, 2.24) is 14.5 Å². The second-order valence-electron chi connectivity index (χ2n) is 7.51. The number of carbonyl (C=O) groups is 2. The summed E-state index contributed by atoms with van der Waals surface area (Å²) in [7, 11) is 1.92. The van der Waals surface area contributed by atoms with Crippen LogP contribution in [-0.2, 0) is 16.6 Å². The van der Waals surface area contributed by atoms with Crippen LogP contribution in [0.5, 0.6) is 0 Å². The highest BCUT2D eigenvalue weighted by Crippen LogP contribution is 2.35. The molecule has 1 aromatic carbocycles. The lowest BCUT2D eigenvalue weighted by Gasteiger charge is -2.26. The molecule has 0 aliphatic carbocycles. The van der Waals surface area contributed by atoms with Crippen molar-refractivity contribution in [3.8, 4) is 17.7 Å². The van der Waals surface area contributed by atoms with Gasteiger partial charge in [-0.2, -0.15) is 5.26 Å². The van der Waals surface area contributed by atoms with Gasteiger partial charge in [-0.1, -0.05) is 18.2 Å². The quantitative estimate of drug-likeness (QED) is 0.340. The summed E-state index contributed by atoms with van der Waals surface area (Å²) >= 11 is 1.44. The van der Waals surface area contributed by atoms with E-state index in [4.69, 9.17) is 9.40 Å². The number of nitriles is 1. The van der Waals surface area contributed by atoms with Crippen LogP contribution >= 0.6 is 11.3 Å². The highest BCUT2D eigenvalue weighted by atomic mass is 32.1. The summed E-state index contributed by atoms with van der Waals surface area (Å²) < 4.78 is 7.92. The van der Waals surface area contributed by atoms with Crippen LogP contribution in [0.4, 0.5) is 0 Å². The van der Waals surface area contributed by atoms with Crippen molar-refractivity contribution in [1.29, 1.82) is 5.26 Å². The maximum absolute atomic E-state index is 12.9. The number of imide groups is 1. The monoisotopic (exact) mass is 442 g/mol. The van der Waals surface area contributed by atoms with Gasteiger partial charge >= 0.3 is 0 Å². The fourth-order valence-electron chi connectivity index (χ4n) is 3.94. The Balaban J connectivity index is 1.58. The SMILES string of the molecule is CCN1C(=O)C(C#N)=C(C)/C(=C/c2cc3c(nc(-c4cc5ccccc5o4)n3C)s2)C1=O. The number of nitrogens with zero attached hydrogens (tertiary/aromatic N) is 4. The number of thiophene rings is 1. The highest BCUT2D eigenvalue weighted by Gasteiger charge is 2.34. The Morgan fingerprint density at radius 3 is 2.69 bits per heavy atom. The zero-order chi connectivity index (χ0) is 22.6. The molecule has 0 radical (unpaired) electrons. The molecule has 1 aliphatic heterocycles. The summed E-state index contributed by atoms with van der Waals surface area (Å²) in [6.45, 7) is 3.56. The van der Waals surface area contributed by atoms with Gasteiger partial charge in [0.05, 0.1) is 5.52 Å². The molecule has 8 heteroatoms. The highest BCUT2D eigenvalue weighted by molar-refractivity contribution is 7.19. The fourth-order valence-corrected chi connectivity index (χ4v) is 4.94. The lowest BCUT2D eigenvalue weighted by atomic mass is 9.95. The molecular weight excluding hydrogens is 424 g/mol. The largest absolute Gasteiger partial charge is 0.453 e. The number of para-hydroxylation sites is 1. The van der Waals surface area contributed by atoms with E-state index in [-0.39, 0.29) is 18.0 Å². The van der Waals surface area contributed by atoms with E-state index in [1.54, 1.807) is 19.9 Å². The van der Waals surface area contributed by atoms with Crippen LogP contribution in [0.15, 0.2) is 57.5 Å². The molecule has 0 unspecified atom stereocenters. The lowest BCUT2D eigenvalue weighted by Crippen LogP contribution is -2.42. The van der Waals surface area contributed by atoms with Crippen LogP contribution in [0.3, 0.4) is 0 Å². The Hall–Kier alpha value is -3.96. The van der Waals surface area contributed by atoms with Gasteiger partial charge in [-0.25, -0.2) is 4.98 Å². The van der Waals surface area contributed by atoms with E-state index in [9.17, 15) is 14.9 Å². The van der Waals surface area contributed by atoms with E-state index in [1.165, 1.54) is 11.3 Å². The minimum absolute atomic E-state index is 0.00380. The number of furan rings is 1. The number of imidazole rings is 1. The van der Waals surface area contributed by atoms with E-state index in [2.05, 4.69) is 0 Å². The molecule has 4 aromatic rings. The molecule has 2 amide bonds. The predicted molar refractivity (Wildman–Crippen MR) is 122 cm³/mol. The second kappa shape index (κ2) is 7.32. The van der Waals surface area contributed by atoms with Gasteiger partial charge in [-0.05, 0) is 43.7 Å². The first-order valence-corrected chi connectivity index (χ1v) is 10.9. The van der Waals surface area contributed by atoms with Crippen LogP contribution in [0, 0.1) is 11.3 Å². The Labute approximate surface area is 187 Å². The molecule has 5 rings (SSSR count). The van der Waals surface area contributed by atoms with Gasteiger partial charge in [-0.3, -0.25) is 14.5 Å². The van der Waals surface area contributed by atoms with Crippen LogP contribution < -0.4 is 0 Å². The van der Waals surface area contributed by atoms with Crippen LogP contribution in [0.1, 0.15) is 18.7 Å². The van der Waals surface area contributed by atoms with Gasteiger partial charge in [0.15, 0.2) is 11.6 Å². The molecule has 0 N–H and O–H groups in total. The lowest BCUT2D eigenvalue weighted by molar-refractivity contribution is -0.140. The van der Waals surface area contributed by atoms with E-state index >= 15 is 0 Å². The first-order chi connectivity index (χ1) is 15.4. The second-order valence-corrected chi connectivity index (χ2v) is 8.57. The zero-order valence-corrected chi connectivity index (χ0v) is 18.5. The number of fused-ring (bicyclic) bond motifs is 2. The number of rotatable bonds is 3. The molecule has 0 atom stereocenters. The summed E-state index contributed by atoms with van der Waals surface area (Å²) in [5.74, 6) is 0.487. The van der Waals surface area contributed by atoms with Gasteiger partial charge in [0, 0.05) is 29.4 Å².